The minimum atomic E-state index is -0.925. The van der Waals surface area contributed by atoms with Gasteiger partial charge in [-0.15, -0.1) is 0 Å². The maximum atomic E-state index is 12.2. The molecule has 21 heavy (non-hydrogen) atoms. The van der Waals surface area contributed by atoms with E-state index in [0.717, 1.165) is 18.2 Å². The molecule has 0 aromatic heterocycles. The van der Waals surface area contributed by atoms with Gasteiger partial charge in [0.1, 0.15) is 11.6 Å². The molecule has 0 saturated carbocycles. The predicted molar refractivity (Wildman–Crippen MR) is 80.2 cm³/mol. The Morgan fingerprint density at radius 3 is 2.52 bits per heavy atom. The molecule has 0 spiro atoms. The topological polar surface area (TPSA) is 83.9 Å². The maximum absolute atomic E-state index is 12.2. The van der Waals surface area contributed by atoms with Gasteiger partial charge in [-0.1, -0.05) is 18.7 Å². The normalized spacial score (nSPS) is 20.2. The van der Waals surface area contributed by atoms with E-state index in [-0.39, 0.29) is 10.9 Å². The highest BCUT2D eigenvalue weighted by molar-refractivity contribution is 8.13. The van der Waals surface area contributed by atoms with Crippen molar-refractivity contribution in [1.29, 1.82) is 0 Å². The molecule has 0 bridgehead atoms. The van der Waals surface area contributed by atoms with Gasteiger partial charge >= 0.3 is 12.1 Å². The smallest absolute Gasteiger partial charge is 0.410 e. The van der Waals surface area contributed by atoms with Crippen LogP contribution in [0.2, 0.25) is 0 Å². The molecule has 0 radical (unpaired) electrons. The number of carboxylic acids is 1. The monoisotopic (exact) mass is 317 g/mol. The van der Waals surface area contributed by atoms with E-state index in [9.17, 15) is 14.4 Å². The van der Waals surface area contributed by atoms with Crippen LogP contribution >= 0.6 is 11.8 Å². The molecule has 1 aliphatic rings. The number of amides is 1. The van der Waals surface area contributed by atoms with Gasteiger partial charge in [0.15, 0.2) is 0 Å². The van der Waals surface area contributed by atoms with Crippen LogP contribution in [-0.4, -0.2) is 51.1 Å². The second-order valence-electron chi connectivity index (χ2n) is 6.20. The van der Waals surface area contributed by atoms with Crippen molar-refractivity contribution in [3.8, 4) is 0 Å². The van der Waals surface area contributed by atoms with E-state index < -0.39 is 29.6 Å². The van der Waals surface area contributed by atoms with Gasteiger partial charge in [-0.2, -0.15) is 0 Å². The van der Waals surface area contributed by atoms with Gasteiger partial charge in [-0.3, -0.25) is 14.5 Å². The van der Waals surface area contributed by atoms with E-state index in [1.807, 2.05) is 0 Å². The molecule has 0 aliphatic carbocycles. The molecule has 1 N–H and O–H groups in total. The summed E-state index contributed by atoms with van der Waals surface area (Å²) < 4.78 is 5.30. The number of thioether (sulfide) groups is 1. The fraction of sp³-hybridized carbons (Fsp3) is 0.786. The summed E-state index contributed by atoms with van der Waals surface area (Å²) in [4.78, 5) is 36.4. The first-order chi connectivity index (χ1) is 9.61. The Labute approximate surface area is 129 Å². The van der Waals surface area contributed by atoms with E-state index in [2.05, 4.69) is 0 Å². The Morgan fingerprint density at radius 2 is 2.00 bits per heavy atom. The first-order valence-corrected chi connectivity index (χ1v) is 7.99. The second-order valence-corrected chi connectivity index (χ2v) is 7.23. The Balaban J connectivity index is 2.58. The predicted octanol–water partition coefficient (Wildman–Crippen LogP) is 2.37. The average Bonchev–Trinajstić information content (AvgIpc) is 2.82. The number of carboxylic acid groups (broad SMARTS) is 1. The number of rotatable bonds is 4. The molecule has 1 rings (SSSR count). The maximum Gasteiger partial charge on any atom is 0.410 e. The van der Waals surface area contributed by atoms with Gasteiger partial charge in [0.25, 0.3) is 0 Å². The second kappa shape index (κ2) is 7.15. The zero-order chi connectivity index (χ0) is 16.2. The number of hydrogen-bond donors (Lipinski definition) is 1. The van der Waals surface area contributed by atoms with Crippen LogP contribution < -0.4 is 0 Å². The van der Waals surface area contributed by atoms with E-state index in [1.165, 1.54) is 4.90 Å². The molecule has 1 fully saturated rings. The zero-order valence-electron chi connectivity index (χ0n) is 12.9. The lowest BCUT2D eigenvalue weighted by Gasteiger charge is -2.27. The number of nitrogens with zero attached hydrogens (tertiary/aromatic N) is 1. The Bertz CT molecular complexity index is 418. The molecule has 120 valence electrons. The third-order valence-electron chi connectivity index (χ3n) is 3.05. The highest BCUT2D eigenvalue weighted by atomic mass is 32.2. The van der Waals surface area contributed by atoms with E-state index >= 15 is 0 Å². The number of carbonyl (C=O) groups is 3. The molecule has 1 amide bonds. The van der Waals surface area contributed by atoms with Crippen molar-refractivity contribution in [3.05, 3.63) is 0 Å². The first-order valence-electron chi connectivity index (χ1n) is 7.01. The SMILES string of the molecule is CC(CSC(=O)[C@H]1CCCN1C(=O)OC(C)(C)C)C(=O)O. The standard InChI is InChI=1S/C14H23NO5S/c1-9(11(16)17)8-21-12(18)10-6-5-7-15(10)13(19)20-14(2,3)4/h9-10H,5-8H2,1-4H3,(H,16,17)/t9?,10-/m1/s1. The highest BCUT2D eigenvalue weighted by Crippen LogP contribution is 2.25. The van der Waals surface area contributed by atoms with E-state index in [4.69, 9.17) is 9.84 Å². The Kier molecular flexibility index (Phi) is 6.07. The average molecular weight is 317 g/mol. The largest absolute Gasteiger partial charge is 0.481 e. The van der Waals surface area contributed by atoms with Crippen molar-refractivity contribution in [2.75, 3.05) is 12.3 Å². The number of aliphatic carboxylic acids is 1. The van der Waals surface area contributed by atoms with E-state index in [0.29, 0.717) is 13.0 Å². The molecule has 0 aromatic rings. The van der Waals surface area contributed by atoms with Gasteiger partial charge in [-0.05, 0) is 33.6 Å². The minimum Gasteiger partial charge on any atom is -0.481 e. The molecular weight excluding hydrogens is 294 g/mol. The summed E-state index contributed by atoms with van der Waals surface area (Å²) in [7, 11) is 0. The molecule has 7 heteroatoms. The van der Waals surface area contributed by atoms with Crippen molar-refractivity contribution in [2.45, 2.75) is 52.2 Å². The molecule has 6 nitrogen and oxygen atoms in total. The van der Waals surface area contributed by atoms with E-state index in [1.54, 1.807) is 27.7 Å². The molecule has 0 aromatic carbocycles. The van der Waals surface area contributed by atoms with Crippen LogP contribution in [0.25, 0.3) is 0 Å². The number of ether oxygens (including phenoxy) is 1. The lowest BCUT2D eigenvalue weighted by atomic mass is 10.2. The minimum absolute atomic E-state index is 0.161. The third kappa shape index (κ3) is 5.57. The van der Waals surface area contributed by atoms with Crippen molar-refractivity contribution in [2.24, 2.45) is 5.92 Å². The number of likely N-dealkylation sites (tertiary alicyclic amines) is 1. The van der Waals surface area contributed by atoms with Crippen LogP contribution in [0, 0.1) is 5.92 Å². The van der Waals surface area contributed by atoms with Crippen LogP contribution in [0.5, 0.6) is 0 Å². The fourth-order valence-corrected chi connectivity index (χ4v) is 2.92. The zero-order valence-corrected chi connectivity index (χ0v) is 13.7. The molecule has 1 heterocycles. The summed E-state index contributed by atoms with van der Waals surface area (Å²) in [5.74, 6) is -1.30. The molecule has 2 atom stereocenters. The number of carbonyl (C=O) groups excluding carboxylic acids is 2. The van der Waals surface area contributed by atoms with Gasteiger partial charge < -0.3 is 9.84 Å². The van der Waals surface area contributed by atoms with Gasteiger partial charge in [-0.25, -0.2) is 4.79 Å². The first kappa shape index (κ1) is 17.8. The third-order valence-corrected chi connectivity index (χ3v) is 4.27. The summed E-state index contributed by atoms with van der Waals surface area (Å²) >= 11 is 0.980. The van der Waals surface area contributed by atoms with Crippen molar-refractivity contribution in [3.63, 3.8) is 0 Å². The Morgan fingerprint density at radius 1 is 1.38 bits per heavy atom. The van der Waals surface area contributed by atoms with Crippen molar-refractivity contribution < 1.29 is 24.2 Å². The van der Waals surface area contributed by atoms with Gasteiger partial charge in [0, 0.05) is 12.3 Å². The molecular formula is C14H23NO5S. The van der Waals surface area contributed by atoms with Crippen LogP contribution in [-0.2, 0) is 14.3 Å². The number of hydrogen-bond acceptors (Lipinski definition) is 5. The lowest BCUT2D eigenvalue weighted by Crippen LogP contribution is -2.42. The summed E-state index contributed by atoms with van der Waals surface area (Å²) in [5, 5.41) is 8.66. The van der Waals surface area contributed by atoms with Crippen LogP contribution in [0.3, 0.4) is 0 Å². The Hall–Kier alpha value is -1.24. The molecule has 1 aliphatic heterocycles. The quantitative estimate of drug-likeness (QED) is 0.857. The fourth-order valence-electron chi connectivity index (χ4n) is 1.93. The van der Waals surface area contributed by atoms with Crippen molar-refractivity contribution in [1.82, 2.24) is 4.90 Å². The van der Waals surface area contributed by atoms with Crippen LogP contribution in [0.15, 0.2) is 0 Å². The summed E-state index contributed by atoms with van der Waals surface area (Å²) in [6, 6.07) is -0.508. The molecule has 1 saturated heterocycles. The summed E-state index contributed by atoms with van der Waals surface area (Å²) in [6.07, 6.45) is 0.877. The van der Waals surface area contributed by atoms with Crippen molar-refractivity contribution >= 4 is 28.9 Å². The lowest BCUT2D eigenvalue weighted by molar-refractivity contribution is -0.140. The summed E-state index contributed by atoms with van der Waals surface area (Å²) in [5.41, 5.74) is -0.599. The van der Waals surface area contributed by atoms with Crippen LogP contribution in [0.4, 0.5) is 4.79 Å². The van der Waals surface area contributed by atoms with Gasteiger partial charge in [0.05, 0.1) is 5.92 Å². The molecule has 1 unspecified atom stereocenters. The van der Waals surface area contributed by atoms with Gasteiger partial charge in [0.2, 0.25) is 5.12 Å². The highest BCUT2D eigenvalue weighted by Gasteiger charge is 2.36. The van der Waals surface area contributed by atoms with Crippen LogP contribution in [0.1, 0.15) is 40.5 Å². The summed E-state index contributed by atoms with van der Waals surface area (Å²) in [6.45, 7) is 7.40.